The Hall–Kier alpha value is -2.40. The number of pyridine rings is 1. The lowest BCUT2D eigenvalue weighted by molar-refractivity contribution is 0.143. The average Bonchev–Trinajstić information content (AvgIpc) is 2.69. The van der Waals surface area contributed by atoms with Crippen LogP contribution in [0.3, 0.4) is 0 Å². The second-order valence-corrected chi connectivity index (χ2v) is 6.71. The summed E-state index contributed by atoms with van der Waals surface area (Å²) in [5.74, 6) is 0. The topological polar surface area (TPSA) is 48.5 Å². The summed E-state index contributed by atoms with van der Waals surface area (Å²) in [6, 6.07) is 10.4. The maximum absolute atomic E-state index is 12.8. The minimum Gasteiger partial charge on any atom is -0.322 e. The first-order chi connectivity index (χ1) is 12.7. The van der Waals surface area contributed by atoms with Crippen molar-refractivity contribution in [2.45, 2.75) is 33.2 Å². The van der Waals surface area contributed by atoms with E-state index in [4.69, 9.17) is 0 Å². The lowest BCUT2D eigenvalue weighted by Gasteiger charge is -2.35. The molecule has 2 amide bonds. The number of nitrogens with one attached hydrogen (secondary N) is 1. The van der Waals surface area contributed by atoms with Gasteiger partial charge in [0.15, 0.2) is 0 Å². The van der Waals surface area contributed by atoms with Crippen LogP contribution in [0.15, 0.2) is 42.7 Å². The SMILES string of the molecule is CCc1cccc(CC)c1NC(=O)N1CCN(Cc2ccncc2)CC1. The maximum Gasteiger partial charge on any atom is 0.321 e. The van der Waals surface area contributed by atoms with Crippen LogP contribution < -0.4 is 5.32 Å². The summed E-state index contributed by atoms with van der Waals surface area (Å²) in [7, 11) is 0. The summed E-state index contributed by atoms with van der Waals surface area (Å²) >= 11 is 0. The van der Waals surface area contributed by atoms with Crippen LogP contribution in [-0.4, -0.2) is 47.0 Å². The van der Waals surface area contributed by atoms with Crippen molar-refractivity contribution < 1.29 is 4.79 Å². The predicted molar refractivity (Wildman–Crippen MR) is 105 cm³/mol. The number of nitrogens with zero attached hydrogens (tertiary/aromatic N) is 3. The molecule has 138 valence electrons. The van der Waals surface area contributed by atoms with Crippen molar-refractivity contribution >= 4 is 11.7 Å². The van der Waals surface area contributed by atoms with Gasteiger partial charge in [0, 0.05) is 50.8 Å². The number of piperazine rings is 1. The fraction of sp³-hybridized carbons (Fsp3) is 0.429. The van der Waals surface area contributed by atoms with Crippen LogP contribution in [0.2, 0.25) is 0 Å². The summed E-state index contributed by atoms with van der Waals surface area (Å²) in [5, 5.41) is 3.18. The summed E-state index contributed by atoms with van der Waals surface area (Å²) in [5.41, 5.74) is 4.67. The Labute approximate surface area is 156 Å². The second-order valence-electron chi connectivity index (χ2n) is 6.71. The molecule has 1 N–H and O–H groups in total. The normalized spacial score (nSPS) is 15.1. The number of rotatable bonds is 5. The highest BCUT2D eigenvalue weighted by Crippen LogP contribution is 2.23. The van der Waals surface area contributed by atoms with E-state index >= 15 is 0 Å². The molecular weight excluding hydrogens is 324 g/mol. The molecule has 0 saturated carbocycles. The maximum atomic E-state index is 12.8. The molecule has 0 atom stereocenters. The molecule has 26 heavy (non-hydrogen) atoms. The van der Waals surface area contributed by atoms with Crippen LogP contribution in [0.4, 0.5) is 10.5 Å². The fourth-order valence-corrected chi connectivity index (χ4v) is 3.44. The van der Waals surface area contributed by atoms with E-state index in [0.717, 1.165) is 51.3 Å². The zero-order chi connectivity index (χ0) is 18.4. The van der Waals surface area contributed by atoms with Crippen LogP contribution in [0.25, 0.3) is 0 Å². The van der Waals surface area contributed by atoms with E-state index in [-0.39, 0.29) is 6.03 Å². The molecule has 1 fully saturated rings. The van der Waals surface area contributed by atoms with Crippen molar-refractivity contribution in [3.05, 3.63) is 59.4 Å². The number of carbonyl (C=O) groups is 1. The first kappa shape index (κ1) is 18.4. The van der Waals surface area contributed by atoms with Crippen molar-refractivity contribution in [3.63, 3.8) is 0 Å². The van der Waals surface area contributed by atoms with Gasteiger partial charge in [-0.1, -0.05) is 32.0 Å². The zero-order valence-corrected chi connectivity index (χ0v) is 15.7. The molecule has 1 aromatic heterocycles. The van der Waals surface area contributed by atoms with Crippen molar-refractivity contribution in [2.24, 2.45) is 0 Å². The first-order valence-corrected chi connectivity index (χ1v) is 9.49. The third-order valence-corrected chi connectivity index (χ3v) is 5.05. The Morgan fingerprint density at radius 2 is 1.62 bits per heavy atom. The molecule has 1 aromatic carbocycles. The van der Waals surface area contributed by atoms with Gasteiger partial charge in [-0.15, -0.1) is 0 Å². The summed E-state index contributed by atoms with van der Waals surface area (Å²) < 4.78 is 0. The lowest BCUT2D eigenvalue weighted by Crippen LogP contribution is -2.49. The van der Waals surface area contributed by atoms with E-state index in [0.29, 0.717) is 0 Å². The fourth-order valence-electron chi connectivity index (χ4n) is 3.44. The molecule has 1 saturated heterocycles. The highest BCUT2D eigenvalue weighted by Gasteiger charge is 2.22. The van der Waals surface area contributed by atoms with E-state index in [1.807, 2.05) is 29.4 Å². The smallest absolute Gasteiger partial charge is 0.321 e. The Balaban J connectivity index is 1.57. The largest absolute Gasteiger partial charge is 0.322 e. The molecule has 0 spiro atoms. The van der Waals surface area contributed by atoms with Gasteiger partial charge in [0.25, 0.3) is 0 Å². The van der Waals surface area contributed by atoms with Gasteiger partial charge >= 0.3 is 6.03 Å². The number of carbonyl (C=O) groups excluding carboxylic acids is 1. The molecular formula is C21H28N4O. The number of amides is 2. The molecule has 1 aliphatic rings. The number of hydrogen-bond acceptors (Lipinski definition) is 3. The van der Waals surface area contributed by atoms with Crippen molar-refractivity contribution in [1.82, 2.24) is 14.8 Å². The van der Waals surface area contributed by atoms with E-state index < -0.39 is 0 Å². The molecule has 0 bridgehead atoms. The molecule has 5 nitrogen and oxygen atoms in total. The molecule has 3 rings (SSSR count). The van der Waals surface area contributed by atoms with Gasteiger partial charge in [-0.2, -0.15) is 0 Å². The van der Waals surface area contributed by atoms with E-state index in [1.54, 1.807) is 0 Å². The van der Waals surface area contributed by atoms with Crippen molar-refractivity contribution in [3.8, 4) is 0 Å². The predicted octanol–water partition coefficient (Wildman–Crippen LogP) is 3.56. The monoisotopic (exact) mass is 352 g/mol. The van der Waals surface area contributed by atoms with Gasteiger partial charge in [-0.3, -0.25) is 9.88 Å². The Kier molecular flexibility index (Phi) is 6.23. The highest BCUT2D eigenvalue weighted by molar-refractivity contribution is 5.91. The Bertz CT molecular complexity index is 702. The van der Waals surface area contributed by atoms with Crippen molar-refractivity contribution in [2.75, 3.05) is 31.5 Å². The number of aryl methyl sites for hydroxylation is 2. The van der Waals surface area contributed by atoms with Gasteiger partial charge in [0.05, 0.1) is 0 Å². The van der Waals surface area contributed by atoms with E-state index in [1.165, 1.54) is 16.7 Å². The molecule has 0 unspecified atom stereocenters. The van der Waals surface area contributed by atoms with Gasteiger partial charge in [-0.25, -0.2) is 4.79 Å². The first-order valence-electron chi connectivity index (χ1n) is 9.49. The van der Waals surface area contributed by atoms with E-state index in [2.05, 4.69) is 47.2 Å². The number of anilines is 1. The minimum absolute atomic E-state index is 0.0177. The van der Waals surface area contributed by atoms with Crippen LogP contribution in [-0.2, 0) is 19.4 Å². The van der Waals surface area contributed by atoms with Crippen molar-refractivity contribution in [1.29, 1.82) is 0 Å². The van der Waals surface area contributed by atoms with Crippen LogP contribution in [0, 0.1) is 0 Å². The number of benzene rings is 1. The number of hydrogen-bond donors (Lipinski definition) is 1. The van der Waals surface area contributed by atoms with E-state index in [9.17, 15) is 4.79 Å². The second kappa shape index (κ2) is 8.81. The Morgan fingerprint density at radius 3 is 2.19 bits per heavy atom. The van der Waals surface area contributed by atoms with Crippen LogP contribution in [0.1, 0.15) is 30.5 Å². The third kappa shape index (κ3) is 4.41. The molecule has 0 aliphatic carbocycles. The Morgan fingerprint density at radius 1 is 1.00 bits per heavy atom. The summed E-state index contributed by atoms with van der Waals surface area (Å²) in [4.78, 5) is 21.1. The zero-order valence-electron chi connectivity index (χ0n) is 15.7. The summed E-state index contributed by atoms with van der Waals surface area (Å²) in [6.45, 7) is 8.47. The number of urea groups is 1. The van der Waals surface area contributed by atoms with Gasteiger partial charge in [0.2, 0.25) is 0 Å². The standard InChI is InChI=1S/C21H28N4O/c1-3-18-6-5-7-19(4-2)20(18)23-21(26)25-14-12-24(13-15-25)16-17-8-10-22-11-9-17/h5-11H,3-4,12-16H2,1-2H3,(H,23,26). The van der Waals surface area contributed by atoms with Crippen LogP contribution in [0.5, 0.6) is 0 Å². The quantitative estimate of drug-likeness (QED) is 0.895. The average molecular weight is 352 g/mol. The molecule has 5 heteroatoms. The van der Waals surface area contributed by atoms with Gasteiger partial charge in [0.1, 0.15) is 0 Å². The minimum atomic E-state index is 0.0177. The molecule has 2 heterocycles. The van der Waals surface area contributed by atoms with Gasteiger partial charge < -0.3 is 10.2 Å². The third-order valence-electron chi connectivity index (χ3n) is 5.05. The highest BCUT2D eigenvalue weighted by atomic mass is 16.2. The molecule has 2 aromatic rings. The summed E-state index contributed by atoms with van der Waals surface area (Å²) in [6.07, 6.45) is 5.50. The van der Waals surface area contributed by atoms with Crippen LogP contribution >= 0.6 is 0 Å². The van der Waals surface area contributed by atoms with Gasteiger partial charge in [-0.05, 0) is 41.7 Å². The number of para-hydroxylation sites is 1. The molecule has 1 aliphatic heterocycles. The lowest BCUT2D eigenvalue weighted by atomic mass is 10.0. The number of aromatic nitrogens is 1. The molecule has 0 radical (unpaired) electrons.